The van der Waals surface area contributed by atoms with Crippen molar-refractivity contribution in [1.82, 2.24) is 9.97 Å². The summed E-state index contributed by atoms with van der Waals surface area (Å²) in [4.78, 5) is 9.43. The van der Waals surface area contributed by atoms with Crippen LogP contribution in [0.5, 0.6) is 5.75 Å². The maximum Gasteiger partial charge on any atom is 0.225 e. The fourth-order valence-corrected chi connectivity index (χ4v) is 5.88. The Morgan fingerprint density at radius 2 is 2.10 bits per heavy atom. The molecule has 0 saturated heterocycles. The third-order valence-corrected chi connectivity index (χ3v) is 7.56. The average molecular weight is 529 g/mol. The minimum Gasteiger partial charge on any atom is -0.497 e. The Balaban J connectivity index is 1.34. The minimum atomic E-state index is -0.0617. The zero-order valence-electron chi connectivity index (χ0n) is 16.3. The monoisotopic (exact) mass is 529 g/mol. The summed E-state index contributed by atoms with van der Waals surface area (Å²) >= 11 is 1.59. The van der Waals surface area contributed by atoms with Gasteiger partial charge in [-0.15, -0.1) is 11.3 Å². The highest BCUT2D eigenvalue weighted by atomic mass is 127. The number of rotatable bonds is 7. The molecule has 0 radical (unpaired) electrons. The molecule has 2 aromatic heterocycles. The van der Waals surface area contributed by atoms with Crippen LogP contribution in [0.2, 0.25) is 0 Å². The van der Waals surface area contributed by atoms with Crippen molar-refractivity contribution in [1.29, 1.82) is 0 Å². The van der Waals surface area contributed by atoms with E-state index >= 15 is 0 Å². The molecule has 0 bridgehead atoms. The van der Waals surface area contributed by atoms with Crippen molar-refractivity contribution in [3.8, 4) is 5.75 Å². The van der Waals surface area contributed by atoms with Gasteiger partial charge < -0.3 is 18.9 Å². The van der Waals surface area contributed by atoms with Crippen LogP contribution in [0.15, 0.2) is 53.9 Å². The number of nitrogens with zero attached hydrogens (tertiary/aromatic N) is 2. The van der Waals surface area contributed by atoms with Gasteiger partial charge in [-0.25, -0.2) is 4.98 Å². The Morgan fingerprint density at radius 1 is 1.13 bits per heavy atom. The molecule has 8 heteroatoms. The first-order chi connectivity index (χ1) is 14.8. The van der Waals surface area contributed by atoms with Crippen molar-refractivity contribution in [3.05, 3.63) is 65.0 Å². The fourth-order valence-electron chi connectivity index (χ4n) is 3.27. The third-order valence-electron chi connectivity index (χ3n) is 4.78. The van der Waals surface area contributed by atoms with Crippen LogP contribution in [0.1, 0.15) is 11.1 Å². The summed E-state index contributed by atoms with van der Waals surface area (Å²) in [6.07, 6.45) is 0.863. The van der Waals surface area contributed by atoms with Crippen molar-refractivity contribution in [2.75, 3.05) is 27.8 Å². The first kappa shape index (κ1) is 19.3. The quantitative estimate of drug-likeness (QED) is 0.215. The fraction of sp³-hybridized carbons (Fsp3) is 0.136. The summed E-state index contributed by atoms with van der Waals surface area (Å²) in [7, 11) is 1.69. The van der Waals surface area contributed by atoms with Gasteiger partial charge in [0.05, 0.1) is 23.0 Å². The standard InChI is InChI=1S/C22H20IN5OS/c1-29-17-4-2-3-14(11-17)7-9-24-22-26-19-8-10-30-20(19)21(27-22)25-16-5-6-18-15(12-16)13-23-28-18/h2-6,8,10-13,28H,7,9H2,1H3,(H2,24,25,26,27). The number of fused-ring (bicyclic) bond motifs is 2. The van der Waals surface area contributed by atoms with Crippen LogP contribution in [0.3, 0.4) is 0 Å². The highest BCUT2D eigenvalue weighted by Crippen LogP contribution is 2.32. The van der Waals surface area contributed by atoms with Gasteiger partial charge in [-0.2, -0.15) is 4.98 Å². The number of ether oxygens (including phenoxy) is 1. The predicted molar refractivity (Wildman–Crippen MR) is 135 cm³/mol. The van der Waals surface area contributed by atoms with Crippen molar-refractivity contribution < 1.29 is 4.74 Å². The van der Waals surface area contributed by atoms with Gasteiger partial charge in [-0.05, 0) is 78.8 Å². The number of methoxy groups -OCH3 is 1. The molecule has 0 aliphatic carbocycles. The van der Waals surface area contributed by atoms with E-state index < -0.39 is 0 Å². The van der Waals surface area contributed by atoms with E-state index in [0.717, 1.165) is 40.4 Å². The second-order valence-corrected chi connectivity index (χ2v) is 9.50. The zero-order valence-corrected chi connectivity index (χ0v) is 19.3. The number of nitrogens with one attached hydrogen (secondary N) is 3. The Bertz CT molecular complexity index is 1240. The predicted octanol–water partition coefficient (Wildman–Crippen LogP) is 5.56. The van der Waals surface area contributed by atoms with Gasteiger partial charge >= 0.3 is 0 Å². The highest BCUT2D eigenvalue weighted by Gasteiger charge is 2.11. The van der Waals surface area contributed by atoms with E-state index in [1.54, 1.807) is 18.4 Å². The summed E-state index contributed by atoms with van der Waals surface area (Å²) < 4.78 is 12.1. The number of benzene rings is 2. The lowest BCUT2D eigenvalue weighted by atomic mass is 10.1. The molecular formula is C22H20IN5OS. The van der Waals surface area contributed by atoms with E-state index in [1.165, 1.54) is 16.8 Å². The second kappa shape index (κ2) is 8.57. The maximum absolute atomic E-state index is 5.30. The molecule has 0 fully saturated rings. The highest BCUT2D eigenvalue weighted by molar-refractivity contribution is 14.2. The van der Waals surface area contributed by atoms with Gasteiger partial charge in [0.2, 0.25) is 5.95 Å². The molecule has 0 spiro atoms. The average Bonchev–Trinajstić information content (AvgIpc) is 3.43. The van der Waals surface area contributed by atoms with E-state index in [2.05, 4.69) is 58.9 Å². The molecule has 0 unspecified atom stereocenters. The lowest BCUT2D eigenvalue weighted by Crippen LogP contribution is -2.09. The van der Waals surface area contributed by atoms with Crippen molar-refractivity contribution in [3.63, 3.8) is 0 Å². The SMILES string of the molecule is COc1cccc(CCNc2nc(Nc3ccc4c(c3)C=IN4)c3sccc3n2)c1. The van der Waals surface area contributed by atoms with Gasteiger partial charge in [0, 0.05) is 17.8 Å². The number of anilines is 4. The smallest absolute Gasteiger partial charge is 0.225 e. The van der Waals surface area contributed by atoms with Crippen molar-refractivity contribution in [2.45, 2.75) is 6.42 Å². The Morgan fingerprint density at radius 3 is 3.03 bits per heavy atom. The van der Waals surface area contributed by atoms with Crippen LogP contribution < -0.4 is 18.9 Å². The van der Waals surface area contributed by atoms with E-state index in [0.29, 0.717) is 5.95 Å². The van der Waals surface area contributed by atoms with Gasteiger partial charge in [0.25, 0.3) is 0 Å². The minimum absolute atomic E-state index is 0.0617. The Hall–Kier alpha value is -2.72. The molecule has 2 aromatic carbocycles. The molecular weight excluding hydrogens is 509 g/mol. The van der Waals surface area contributed by atoms with E-state index in [-0.39, 0.29) is 21.0 Å². The third kappa shape index (κ3) is 4.10. The summed E-state index contributed by atoms with van der Waals surface area (Å²) in [5, 5.41) is 8.91. The molecule has 0 amide bonds. The van der Waals surface area contributed by atoms with Crippen LogP contribution in [-0.2, 0) is 6.42 Å². The summed E-state index contributed by atoms with van der Waals surface area (Å²) in [5.41, 5.74) is 5.68. The molecule has 152 valence electrons. The van der Waals surface area contributed by atoms with Crippen molar-refractivity contribution in [2.24, 2.45) is 0 Å². The molecule has 1 aliphatic heterocycles. The molecule has 1 aliphatic rings. The van der Waals surface area contributed by atoms with E-state index in [9.17, 15) is 0 Å². The van der Waals surface area contributed by atoms with Gasteiger partial charge in [0.1, 0.15) is 5.75 Å². The maximum atomic E-state index is 5.30. The van der Waals surface area contributed by atoms with Gasteiger partial charge in [0.15, 0.2) is 5.82 Å². The Kier molecular flexibility index (Phi) is 5.50. The summed E-state index contributed by atoms with van der Waals surface area (Å²) in [6.45, 7) is 0.741. The molecule has 30 heavy (non-hydrogen) atoms. The normalized spacial score (nSPS) is 12.2. The van der Waals surface area contributed by atoms with Crippen LogP contribution >= 0.6 is 32.3 Å². The second-order valence-electron chi connectivity index (χ2n) is 6.80. The molecule has 3 heterocycles. The van der Waals surface area contributed by atoms with E-state index in [4.69, 9.17) is 9.72 Å². The molecule has 6 nitrogen and oxygen atoms in total. The first-order valence-electron chi connectivity index (χ1n) is 9.53. The van der Waals surface area contributed by atoms with Gasteiger partial charge in [-0.1, -0.05) is 12.1 Å². The number of hydrogen-bond acceptors (Lipinski definition) is 7. The Labute approximate surface area is 188 Å². The first-order valence-corrected chi connectivity index (χ1v) is 12.7. The molecule has 0 saturated carbocycles. The zero-order chi connectivity index (χ0) is 20.3. The topological polar surface area (TPSA) is 71.1 Å². The van der Waals surface area contributed by atoms with Gasteiger partial charge in [-0.3, -0.25) is 0 Å². The van der Waals surface area contributed by atoms with E-state index in [1.807, 2.05) is 18.2 Å². The number of hydrogen-bond donors (Lipinski definition) is 3. The van der Waals surface area contributed by atoms with Crippen molar-refractivity contribution >= 4 is 69.7 Å². The lowest BCUT2D eigenvalue weighted by Gasteiger charge is -2.11. The van der Waals surface area contributed by atoms with Crippen LogP contribution in [0.25, 0.3) is 10.2 Å². The lowest BCUT2D eigenvalue weighted by molar-refractivity contribution is 0.414. The van der Waals surface area contributed by atoms with Crippen LogP contribution in [0, 0.1) is 0 Å². The molecule has 0 atom stereocenters. The number of aromatic nitrogens is 2. The molecule has 4 aromatic rings. The summed E-state index contributed by atoms with van der Waals surface area (Å²) in [5.74, 6) is 2.34. The van der Waals surface area contributed by atoms with Crippen LogP contribution in [-0.4, -0.2) is 27.6 Å². The molecule has 5 rings (SSSR count). The van der Waals surface area contributed by atoms with Crippen LogP contribution in [0.4, 0.5) is 23.1 Å². The number of thiophene rings is 1. The molecule has 3 N–H and O–H groups in total. The summed E-state index contributed by atoms with van der Waals surface area (Å²) in [6, 6.07) is 16.5. The largest absolute Gasteiger partial charge is 0.497 e. The number of halogens is 1.